The Morgan fingerprint density at radius 2 is 2.06 bits per heavy atom. The first-order valence-corrected chi connectivity index (χ1v) is 6.51. The van der Waals surface area contributed by atoms with Gasteiger partial charge < -0.3 is 5.43 Å². The standard InChI is InChI=1S/C10H15F3N4S/c1-2-3-4-5-18-8-6-7(17-14)15-9(16-8)10(11,12)13/h6H,2-5,14H2,1H3,(H,15,16,17). The Hall–Kier alpha value is -1.02. The zero-order valence-corrected chi connectivity index (χ0v) is 10.7. The number of rotatable bonds is 6. The van der Waals surface area contributed by atoms with E-state index in [0.29, 0.717) is 0 Å². The van der Waals surface area contributed by atoms with Gasteiger partial charge in [0.2, 0.25) is 5.82 Å². The highest BCUT2D eigenvalue weighted by atomic mass is 32.2. The Morgan fingerprint density at radius 1 is 1.33 bits per heavy atom. The van der Waals surface area contributed by atoms with Crippen LogP contribution in [0.5, 0.6) is 0 Å². The molecular weight excluding hydrogens is 265 g/mol. The maximum Gasteiger partial charge on any atom is 0.451 e. The zero-order chi connectivity index (χ0) is 13.6. The van der Waals surface area contributed by atoms with Gasteiger partial charge in [-0.25, -0.2) is 15.8 Å². The maximum absolute atomic E-state index is 12.5. The summed E-state index contributed by atoms with van der Waals surface area (Å²) in [6, 6.07) is 1.41. The van der Waals surface area contributed by atoms with Crippen LogP contribution in [0.3, 0.4) is 0 Å². The highest BCUT2D eigenvalue weighted by molar-refractivity contribution is 7.99. The number of halogens is 3. The van der Waals surface area contributed by atoms with Crippen molar-refractivity contribution in [1.82, 2.24) is 9.97 Å². The lowest BCUT2D eigenvalue weighted by atomic mass is 10.3. The van der Waals surface area contributed by atoms with Gasteiger partial charge in [-0.3, -0.25) is 0 Å². The summed E-state index contributed by atoms with van der Waals surface area (Å²) in [5, 5.41) is 0.279. The number of alkyl halides is 3. The van der Waals surface area contributed by atoms with E-state index in [1.807, 2.05) is 0 Å². The van der Waals surface area contributed by atoms with Gasteiger partial charge in [-0.1, -0.05) is 19.8 Å². The second kappa shape index (κ2) is 6.79. The van der Waals surface area contributed by atoms with Gasteiger partial charge >= 0.3 is 6.18 Å². The number of unbranched alkanes of at least 4 members (excludes halogenated alkanes) is 2. The van der Waals surface area contributed by atoms with Crippen LogP contribution in [0.15, 0.2) is 11.1 Å². The highest BCUT2D eigenvalue weighted by Crippen LogP contribution is 2.29. The van der Waals surface area contributed by atoms with Crippen molar-refractivity contribution >= 4 is 17.6 Å². The summed E-state index contributed by atoms with van der Waals surface area (Å²) in [7, 11) is 0. The molecule has 0 aliphatic heterocycles. The Balaban J connectivity index is 2.78. The predicted molar refractivity (Wildman–Crippen MR) is 65.1 cm³/mol. The Labute approximate surface area is 108 Å². The number of hydrogen-bond donors (Lipinski definition) is 2. The van der Waals surface area contributed by atoms with E-state index in [9.17, 15) is 13.2 Å². The molecule has 0 amide bonds. The van der Waals surface area contributed by atoms with Crippen LogP contribution in [0, 0.1) is 0 Å². The quantitative estimate of drug-likeness (QED) is 0.276. The van der Waals surface area contributed by atoms with Gasteiger partial charge in [-0.05, 0) is 12.2 Å². The lowest BCUT2D eigenvalue weighted by Gasteiger charge is -2.09. The molecule has 3 N–H and O–H groups in total. The van der Waals surface area contributed by atoms with Gasteiger partial charge in [0.15, 0.2) is 0 Å². The lowest BCUT2D eigenvalue weighted by molar-refractivity contribution is -0.145. The fourth-order valence-electron chi connectivity index (χ4n) is 1.23. The Morgan fingerprint density at radius 3 is 2.61 bits per heavy atom. The van der Waals surface area contributed by atoms with Gasteiger partial charge in [0.1, 0.15) is 10.8 Å². The second-order valence-electron chi connectivity index (χ2n) is 3.61. The second-order valence-corrected chi connectivity index (χ2v) is 4.73. The lowest BCUT2D eigenvalue weighted by Crippen LogP contribution is -2.16. The Kier molecular flexibility index (Phi) is 5.67. The molecule has 0 radical (unpaired) electrons. The predicted octanol–water partition coefficient (Wildman–Crippen LogP) is 3.06. The van der Waals surface area contributed by atoms with Gasteiger partial charge in [-0.2, -0.15) is 13.2 Å². The molecule has 0 aliphatic carbocycles. The van der Waals surface area contributed by atoms with Crippen LogP contribution in [-0.4, -0.2) is 15.7 Å². The normalized spacial score (nSPS) is 11.6. The van der Waals surface area contributed by atoms with E-state index in [1.54, 1.807) is 0 Å². The molecule has 0 fully saturated rings. The molecule has 0 spiro atoms. The van der Waals surface area contributed by atoms with Crippen LogP contribution in [-0.2, 0) is 6.18 Å². The fourth-order valence-corrected chi connectivity index (χ4v) is 2.13. The molecule has 4 nitrogen and oxygen atoms in total. The Bertz CT molecular complexity index is 384. The molecule has 1 aromatic heterocycles. The van der Waals surface area contributed by atoms with Crippen LogP contribution in [0.2, 0.25) is 0 Å². The third-order valence-corrected chi connectivity index (χ3v) is 3.10. The van der Waals surface area contributed by atoms with Crippen molar-refractivity contribution in [1.29, 1.82) is 0 Å². The van der Waals surface area contributed by atoms with Crippen LogP contribution >= 0.6 is 11.8 Å². The zero-order valence-electron chi connectivity index (χ0n) is 9.92. The van der Waals surface area contributed by atoms with E-state index in [-0.39, 0.29) is 10.8 Å². The molecule has 0 atom stereocenters. The van der Waals surface area contributed by atoms with E-state index in [0.717, 1.165) is 25.0 Å². The summed E-state index contributed by atoms with van der Waals surface area (Å²) in [6.45, 7) is 2.06. The molecule has 102 valence electrons. The molecule has 0 bridgehead atoms. The molecule has 18 heavy (non-hydrogen) atoms. The van der Waals surface area contributed by atoms with Gasteiger partial charge in [-0.15, -0.1) is 11.8 Å². The van der Waals surface area contributed by atoms with Crippen LogP contribution in [0.4, 0.5) is 19.0 Å². The van der Waals surface area contributed by atoms with Crippen molar-refractivity contribution in [2.45, 2.75) is 37.4 Å². The smallest absolute Gasteiger partial charge is 0.308 e. The molecular formula is C10H15F3N4S. The summed E-state index contributed by atoms with van der Waals surface area (Å²) >= 11 is 1.27. The highest BCUT2D eigenvalue weighted by Gasteiger charge is 2.35. The van der Waals surface area contributed by atoms with Crippen LogP contribution in [0.1, 0.15) is 32.0 Å². The van der Waals surface area contributed by atoms with E-state index in [4.69, 9.17) is 5.84 Å². The molecule has 1 aromatic rings. The van der Waals surface area contributed by atoms with Gasteiger partial charge in [0.25, 0.3) is 0 Å². The van der Waals surface area contributed by atoms with Crippen molar-refractivity contribution in [3.8, 4) is 0 Å². The van der Waals surface area contributed by atoms with Crippen LogP contribution in [0.25, 0.3) is 0 Å². The minimum Gasteiger partial charge on any atom is -0.308 e. The minimum absolute atomic E-state index is 0.0321. The number of thioether (sulfide) groups is 1. The first kappa shape index (κ1) is 15.0. The minimum atomic E-state index is -4.56. The molecule has 1 rings (SSSR count). The third-order valence-electron chi connectivity index (χ3n) is 2.10. The van der Waals surface area contributed by atoms with Crippen molar-refractivity contribution in [3.05, 3.63) is 11.9 Å². The van der Waals surface area contributed by atoms with E-state index in [1.165, 1.54) is 17.8 Å². The number of nitrogens with one attached hydrogen (secondary N) is 1. The summed E-state index contributed by atoms with van der Waals surface area (Å²) < 4.78 is 37.6. The fraction of sp³-hybridized carbons (Fsp3) is 0.600. The topological polar surface area (TPSA) is 63.8 Å². The third kappa shape index (κ3) is 4.69. The first-order chi connectivity index (χ1) is 8.47. The number of hydrogen-bond acceptors (Lipinski definition) is 5. The van der Waals surface area contributed by atoms with E-state index in [2.05, 4.69) is 22.3 Å². The molecule has 8 heteroatoms. The summed E-state index contributed by atoms with van der Waals surface area (Å²) in [5.74, 6) is 4.62. The number of aromatic nitrogens is 2. The van der Waals surface area contributed by atoms with E-state index < -0.39 is 12.0 Å². The summed E-state index contributed by atoms with van der Waals surface area (Å²) in [4.78, 5) is 6.76. The molecule has 1 heterocycles. The number of anilines is 1. The monoisotopic (exact) mass is 280 g/mol. The van der Waals surface area contributed by atoms with Crippen molar-refractivity contribution in [3.63, 3.8) is 0 Å². The van der Waals surface area contributed by atoms with Gasteiger partial charge in [0, 0.05) is 6.07 Å². The number of hydrazine groups is 1. The molecule has 0 saturated carbocycles. The average Bonchev–Trinajstić information content (AvgIpc) is 2.33. The van der Waals surface area contributed by atoms with E-state index >= 15 is 0 Å². The van der Waals surface area contributed by atoms with Crippen molar-refractivity contribution < 1.29 is 13.2 Å². The summed E-state index contributed by atoms with van der Waals surface area (Å²) in [6.07, 6.45) is -1.51. The summed E-state index contributed by atoms with van der Waals surface area (Å²) in [5.41, 5.74) is 2.12. The van der Waals surface area contributed by atoms with Gasteiger partial charge in [0.05, 0.1) is 0 Å². The number of nitrogens with zero attached hydrogens (tertiary/aromatic N) is 2. The average molecular weight is 280 g/mol. The number of nitrogen functional groups attached to an aromatic ring is 1. The molecule has 0 saturated heterocycles. The molecule has 0 aromatic carbocycles. The SMILES string of the molecule is CCCCCSc1cc(NN)nc(C(F)(F)F)n1. The largest absolute Gasteiger partial charge is 0.451 e. The van der Waals surface area contributed by atoms with Crippen molar-refractivity contribution in [2.75, 3.05) is 11.2 Å². The van der Waals surface area contributed by atoms with Crippen LogP contribution < -0.4 is 11.3 Å². The first-order valence-electron chi connectivity index (χ1n) is 5.53. The molecule has 0 unspecified atom stereocenters. The maximum atomic E-state index is 12.5. The molecule has 0 aliphatic rings. The van der Waals surface area contributed by atoms with Crippen molar-refractivity contribution in [2.24, 2.45) is 5.84 Å². The number of nitrogens with two attached hydrogens (primary N) is 1.